The molecule has 4 nitrogen and oxygen atoms in total. The van der Waals surface area contributed by atoms with Crippen LogP contribution in [0.2, 0.25) is 0 Å². The molecule has 4 heteroatoms. The van der Waals surface area contributed by atoms with Gasteiger partial charge in [0.15, 0.2) is 0 Å². The summed E-state index contributed by atoms with van der Waals surface area (Å²) in [4.78, 5) is 25.9. The second kappa shape index (κ2) is 7.43. The number of amides is 1. The van der Waals surface area contributed by atoms with Gasteiger partial charge in [0.2, 0.25) is 5.91 Å². The lowest BCUT2D eigenvalue weighted by molar-refractivity contribution is -0.125. The maximum atomic E-state index is 12.3. The summed E-state index contributed by atoms with van der Waals surface area (Å²) in [5, 5.41) is 3.03. The average Bonchev–Trinajstić information content (AvgIpc) is 2.51. The molecular formula is C18H26N2O2. The van der Waals surface area contributed by atoms with Crippen LogP contribution in [0.1, 0.15) is 45.1 Å². The van der Waals surface area contributed by atoms with Gasteiger partial charge in [0, 0.05) is 43.2 Å². The first kappa shape index (κ1) is 16.5. The lowest BCUT2D eigenvalue weighted by atomic mass is 9.88. The summed E-state index contributed by atoms with van der Waals surface area (Å²) in [6.07, 6.45) is 2.44. The zero-order valence-corrected chi connectivity index (χ0v) is 13.8. The summed E-state index contributed by atoms with van der Waals surface area (Å²) in [5.41, 5.74) is 3.13. The van der Waals surface area contributed by atoms with Gasteiger partial charge in [0.05, 0.1) is 0 Å². The quantitative estimate of drug-likeness (QED) is 0.905. The number of carbonyl (C=O) groups excluding carboxylic acids is 2. The Bertz CT molecular complexity index is 540. The van der Waals surface area contributed by atoms with Crippen LogP contribution in [0.5, 0.6) is 0 Å². The molecule has 2 rings (SSSR count). The van der Waals surface area contributed by atoms with Crippen LogP contribution >= 0.6 is 0 Å². The van der Waals surface area contributed by atoms with Gasteiger partial charge in [0.25, 0.3) is 0 Å². The van der Waals surface area contributed by atoms with Crippen molar-refractivity contribution in [1.82, 2.24) is 0 Å². The minimum atomic E-state index is -0.0282. The van der Waals surface area contributed by atoms with Crippen molar-refractivity contribution in [2.75, 3.05) is 23.3 Å². The van der Waals surface area contributed by atoms with E-state index in [0.717, 1.165) is 24.3 Å². The summed E-state index contributed by atoms with van der Waals surface area (Å²) in [6.45, 7) is 8.24. The third kappa shape index (κ3) is 3.87. The molecule has 0 aliphatic heterocycles. The Morgan fingerprint density at radius 1 is 1.23 bits per heavy atom. The standard InChI is InChI=1S/C18H26N2O2/c1-4-20(5-2)15-8-11-17(13(3)12-15)19-18(22)14-6-9-16(21)10-7-14/h8,11-12,14H,4-7,9-10H2,1-3H3,(H,19,22). The van der Waals surface area contributed by atoms with Crippen LogP contribution < -0.4 is 10.2 Å². The van der Waals surface area contributed by atoms with Gasteiger partial charge >= 0.3 is 0 Å². The number of carbonyl (C=O) groups is 2. The van der Waals surface area contributed by atoms with E-state index >= 15 is 0 Å². The molecule has 0 unspecified atom stereocenters. The van der Waals surface area contributed by atoms with Gasteiger partial charge in [-0.25, -0.2) is 0 Å². The molecule has 1 aromatic carbocycles. The molecule has 1 N–H and O–H groups in total. The van der Waals surface area contributed by atoms with Gasteiger partial charge in [0.1, 0.15) is 5.78 Å². The summed E-state index contributed by atoms with van der Waals surface area (Å²) in [6, 6.07) is 6.15. The third-order valence-electron chi connectivity index (χ3n) is 4.51. The SMILES string of the molecule is CCN(CC)c1ccc(NC(=O)C2CCC(=O)CC2)c(C)c1. The predicted octanol–water partition coefficient (Wildman–Crippen LogP) is 3.54. The van der Waals surface area contributed by atoms with Crippen molar-refractivity contribution in [1.29, 1.82) is 0 Å². The molecule has 0 radical (unpaired) electrons. The second-order valence-electron chi connectivity index (χ2n) is 5.97. The summed E-state index contributed by atoms with van der Waals surface area (Å²) < 4.78 is 0. The first-order chi connectivity index (χ1) is 10.5. The van der Waals surface area contributed by atoms with Crippen molar-refractivity contribution in [3.63, 3.8) is 0 Å². The monoisotopic (exact) mass is 302 g/mol. The number of anilines is 2. The van der Waals surface area contributed by atoms with Gasteiger partial charge < -0.3 is 10.2 Å². The summed E-state index contributed by atoms with van der Waals surface area (Å²) in [7, 11) is 0. The number of Topliss-reactive ketones (excluding diaryl/α,β-unsaturated/α-hetero) is 1. The van der Waals surface area contributed by atoms with Crippen molar-refractivity contribution < 1.29 is 9.59 Å². The van der Waals surface area contributed by atoms with Gasteiger partial charge in [-0.2, -0.15) is 0 Å². The number of nitrogens with zero attached hydrogens (tertiary/aromatic N) is 1. The average molecular weight is 302 g/mol. The lowest BCUT2D eigenvalue weighted by Crippen LogP contribution is -2.27. The van der Waals surface area contributed by atoms with E-state index in [4.69, 9.17) is 0 Å². The molecule has 0 atom stereocenters. The van der Waals surface area contributed by atoms with Crippen LogP contribution in [-0.4, -0.2) is 24.8 Å². The molecule has 120 valence electrons. The predicted molar refractivity (Wildman–Crippen MR) is 90.3 cm³/mol. The van der Waals surface area contributed by atoms with Crippen LogP contribution in [0, 0.1) is 12.8 Å². The van der Waals surface area contributed by atoms with E-state index in [0.29, 0.717) is 25.7 Å². The van der Waals surface area contributed by atoms with E-state index in [9.17, 15) is 9.59 Å². The van der Waals surface area contributed by atoms with E-state index in [1.165, 1.54) is 5.69 Å². The van der Waals surface area contributed by atoms with E-state index in [1.807, 2.05) is 13.0 Å². The zero-order valence-electron chi connectivity index (χ0n) is 13.8. The highest BCUT2D eigenvalue weighted by Crippen LogP contribution is 2.26. The fraction of sp³-hybridized carbons (Fsp3) is 0.556. The highest BCUT2D eigenvalue weighted by atomic mass is 16.2. The maximum Gasteiger partial charge on any atom is 0.227 e. The van der Waals surface area contributed by atoms with Gasteiger partial charge in [-0.1, -0.05) is 0 Å². The number of aryl methyl sites for hydroxylation is 1. The fourth-order valence-electron chi connectivity index (χ4n) is 3.01. The Kier molecular flexibility index (Phi) is 5.58. The minimum Gasteiger partial charge on any atom is -0.372 e. The Balaban J connectivity index is 2.03. The van der Waals surface area contributed by atoms with Crippen LogP contribution in [0.15, 0.2) is 18.2 Å². The third-order valence-corrected chi connectivity index (χ3v) is 4.51. The van der Waals surface area contributed by atoms with Gasteiger partial charge in [-0.05, 0) is 57.4 Å². The number of hydrogen-bond donors (Lipinski definition) is 1. The molecule has 1 aromatic rings. The lowest BCUT2D eigenvalue weighted by Gasteiger charge is -2.23. The van der Waals surface area contributed by atoms with Crippen molar-refractivity contribution in [3.05, 3.63) is 23.8 Å². The van der Waals surface area contributed by atoms with Crippen LogP contribution in [-0.2, 0) is 9.59 Å². The molecular weight excluding hydrogens is 276 g/mol. The van der Waals surface area contributed by atoms with Crippen molar-refractivity contribution >= 4 is 23.1 Å². The summed E-state index contributed by atoms with van der Waals surface area (Å²) in [5.74, 6) is 0.301. The van der Waals surface area contributed by atoms with Crippen molar-refractivity contribution in [2.45, 2.75) is 46.5 Å². The number of rotatable bonds is 5. The van der Waals surface area contributed by atoms with E-state index in [1.54, 1.807) is 0 Å². The molecule has 0 spiro atoms. The molecule has 1 aliphatic rings. The molecule has 0 heterocycles. The second-order valence-corrected chi connectivity index (χ2v) is 5.97. The first-order valence-electron chi connectivity index (χ1n) is 8.23. The van der Waals surface area contributed by atoms with Crippen molar-refractivity contribution in [3.8, 4) is 0 Å². The van der Waals surface area contributed by atoms with Gasteiger partial charge in [-0.15, -0.1) is 0 Å². The highest BCUT2D eigenvalue weighted by molar-refractivity contribution is 5.94. The van der Waals surface area contributed by atoms with E-state index in [2.05, 4.69) is 36.2 Å². The number of ketones is 1. The molecule has 1 aliphatic carbocycles. The van der Waals surface area contributed by atoms with Crippen LogP contribution in [0.25, 0.3) is 0 Å². The Morgan fingerprint density at radius 3 is 2.41 bits per heavy atom. The minimum absolute atomic E-state index is 0.0282. The molecule has 0 aromatic heterocycles. The molecule has 1 fully saturated rings. The molecule has 0 saturated heterocycles. The number of hydrogen-bond acceptors (Lipinski definition) is 3. The van der Waals surface area contributed by atoms with Crippen LogP contribution in [0.3, 0.4) is 0 Å². The molecule has 0 bridgehead atoms. The Morgan fingerprint density at radius 2 is 1.86 bits per heavy atom. The normalized spacial score (nSPS) is 15.7. The van der Waals surface area contributed by atoms with Gasteiger partial charge in [-0.3, -0.25) is 9.59 Å². The first-order valence-corrected chi connectivity index (χ1v) is 8.23. The Hall–Kier alpha value is -1.84. The van der Waals surface area contributed by atoms with E-state index in [-0.39, 0.29) is 17.6 Å². The number of benzene rings is 1. The molecule has 22 heavy (non-hydrogen) atoms. The smallest absolute Gasteiger partial charge is 0.227 e. The topological polar surface area (TPSA) is 49.4 Å². The zero-order chi connectivity index (χ0) is 16.1. The van der Waals surface area contributed by atoms with E-state index < -0.39 is 0 Å². The Labute approximate surface area is 132 Å². The van der Waals surface area contributed by atoms with Crippen molar-refractivity contribution in [2.24, 2.45) is 5.92 Å². The molecule has 1 saturated carbocycles. The highest BCUT2D eigenvalue weighted by Gasteiger charge is 2.25. The molecule has 1 amide bonds. The summed E-state index contributed by atoms with van der Waals surface area (Å²) >= 11 is 0. The fourth-order valence-corrected chi connectivity index (χ4v) is 3.01. The number of nitrogens with one attached hydrogen (secondary N) is 1. The largest absolute Gasteiger partial charge is 0.372 e. The maximum absolute atomic E-state index is 12.3. The van der Waals surface area contributed by atoms with Crippen LogP contribution in [0.4, 0.5) is 11.4 Å².